The molecule has 6 aromatic rings. The van der Waals surface area contributed by atoms with Gasteiger partial charge in [-0.05, 0) is 46.2 Å². The van der Waals surface area contributed by atoms with E-state index < -0.39 is 17.0 Å². The first-order valence-electron chi connectivity index (χ1n) is 11.4. The average molecular weight is 557 g/mol. The van der Waals surface area contributed by atoms with Crippen LogP contribution >= 0.6 is 18.6 Å². The van der Waals surface area contributed by atoms with Gasteiger partial charge in [-0.2, -0.15) is 12.4 Å². The molecule has 7 heteroatoms. The number of hydrogen-bond acceptors (Lipinski definition) is 2. The number of para-hydroxylation sites is 4. The molecule has 0 radical (unpaired) electrons. The van der Waals surface area contributed by atoms with Gasteiger partial charge >= 0.3 is 35.6 Å². The number of rotatable bonds is 4. The molecule has 0 saturated carbocycles. The molecule has 4 aromatic carbocycles. The van der Waals surface area contributed by atoms with Crippen molar-refractivity contribution in [1.29, 1.82) is 0 Å². The summed E-state index contributed by atoms with van der Waals surface area (Å²) in [6.07, 6.45) is 7.38. The van der Waals surface area contributed by atoms with E-state index in [1.807, 2.05) is 122 Å². The van der Waals surface area contributed by atoms with Crippen LogP contribution in [0.4, 0.5) is 11.4 Å². The summed E-state index contributed by atoms with van der Waals surface area (Å²) in [5.41, 5.74) is 6.03. The van der Waals surface area contributed by atoms with E-state index in [4.69, 9.17) is 18.6 Å². The van der Waals surface area contributed by atoms with Crippen molar-refractivity contribution in [2.45, 2.75) is 0 Å². The van der Waals surface area contributed by atoms with Gasteiger partial charge < -0.3 is 9.97 Å². The van der Waals surface area contributed by atoms with Crippen molar-refractivity contribution >= 4 is 64.2 Å². The summed E-state index contributed by atoms with van der Waals surface area (Å²) in [6, 6.07) is 36.1. The molecule has 0 aliphatic heterocycles. The Hall–Kier alpha value is -3.41. The molecular formula is C30H22Cl2N4Ti-2. The van der Waals surface area contributed by atoms with Crippen LogP contribution in [0.3, 0.4) is 0 Å². The van der Waals surface area contributed by atoms with E-state index in [9.17, 15) is 0 Å². The van der Waals surface area contributed by atoms with Crippen LogP contribution in [-0.4, -0.2) is 12.4 Å². The molecule has 0 fully saturated rings. The van der Waals surface area contributed by atoms with Crippen LogP contribution in [0.5, 0.6) is 0 Å². The Bertz CT molecular complexity index is 1460. The summed E-state index contributed by atoms with van der Waals surface area (Å²) in [6.45, 7) is 0. The maximum absolute atomic E-state index is 4.89. The molecule has 0 bridgehead atoms. The third-order valence-corrected chi connectivity index (χ3v) is 5.33. The number of halogens is 2. The number of hydrogen-bond donors (Lipinski definition) is 0. The zero-order valence-electron chi connectivity index (χ0n) is 19.7. The molecule has 0 unspecified atom stereocenters. The summed E-state index contributed by atoms with van der Waals surface area (Å²) in [4.78, 5) is 17.6. The molecule has 0 spiro atoms. The molecule has 182 valence electrons. The molecule has 0 N–H and O–H groups in total. The number of aliphatic imine (C=N–C) groups is 2. The number of fused-ring (bicyclic) bond motifs is 2. The van der Waals surface area contributed by atoms with Crippen LogP contribution < -0.4 is 9.97 Å². The first kappa shape index (κ1) is 26.7. The fraction of sp³-hybridized carbons (Fsp3) is 0. The van der Waals surface area contributed by atoms with Crippen molar-refractivity contribution in [3.8, 4) is 0 Å². The fourth-order valence-corrected chi connectivity index (χ4v) is 3.64. The van der Waals surface area contributed by atoms with Gasteiger partial charge in [0.1, 0.15) is 0 Å². The molecule has 0 atom stereocenters. The second-order valence-corrected chi connectivity index (χ2v) is 10.3. The molecular weight excluding hydrogens is 535 g/mol. The Kier molecular flexibility index (Phi) is 10.3. The topological polar surface area (TPSA) is 52.9 Å². The first-order valence-corrected chi connectivity index (χ1v) is 15.7. The first-order chi connectivity index (χ1) is 18.3. The molecule has 0 aliphatic carbocycles. The summed E-state index contributed by atoms with van der Waals surface area (Å²) in [7, 11) is 9.78. The second kappa shape index (κ2) is 14.4. The van der Waals surface area contributed by atoms with Gasteiger partial charge in [0.25, 0.3) is 0 Å². The summed E-state index contributed by atoms with van der Waals surface area (Å²) >= 11 is -0.556. The Morgan fingerprint density at radius 3 is 1.32 bits per heavy atom. The van der Waals surface area contributed by atoms with Gasteiger partial charge in [0.2, 0.25) is 0 Å². The third-order valence-electron chi connectivity index (χ3n) is 5.33. The quantitative estimate of drug-likeness (QED) is 0.161. The Morgan fingerprint density at radius 1 is 0.514 bits per heavy atom. The minimum atomic E-state index is -0.556. The molecule has 4 nitrogen and oxygen atoms in total. The normalized spacial score (nSPS) is 10.8. The fourth-order valence-electron chi connectivity index (χ4n) is 3.64. The molecule has 0 amide bonds. The van der Waals surface area contributed by atoms with E-state index >= 15 is 0 Å². The Morgan fingerprint density at radius 2 is 0.919 bits per heavy atom. The zero-order chi connectivity index (χ0) is 25.7. The van der Waals surface area contributed by atoms with Crippen molar-refractivity contribution in [1.82, 2.24) is 9.97 Å². The molecule has 2 heterocycles. The van der Waals surface area contributed by atoms with Crippen molar-refractivity contribution in [2.24, 2.45) is 9.98 Å². The summed E-state index contributed by atoms with van der Waals surface area (Å²) < 4.78 is 0. The predicted octanol–water partition coefficient (Wildman–Crippen LogP) is 8.47. The Balaban J connectivity index is 0.000000157. The van der Waals surface area contributed by atoms with Gasteiger partial charge in [-0.25, -0.2) is 0 Å². The van der Waals surface area contributed by atoms with Crippen molar-refractivity contribution < 1.29 is 17.0 Å². The Labute approximate surface area is 232 Å². The van der Waals surface area contributed by atoms with E-state index in [0.29, 0.717) is 0 Å². The monoisotopic (exact) mass is 556 g/mol. The van der Waals surface area contributed by atoms with Crippen molar-refractivity contribution in [3.05, 3.63) is 133 Å². The van der Waals surface area contributed by atoms with Gasteiger partial charge in [-0.15, -0.1) is 11.0 Å². The predicted molar refractivity (Wildman–Crippen MR) is 154 cm³/mol. The van der Waals surface area contributed by atoms with Gasteiger partial charge in [0.15, 0.2) is 0 Å². The van der Waals surface area contributed by atoms with E-state index in [1.54, 1.807) is 0 Å². The van der Waals surface area contributed by atoms with Crippen LogP contribution in [0, 0.1) is 0 Å². The maximum atomic E-state index is 4.89. The van der Waals surface area contributed by atoms with E-state index in [2.05, 4.69) is 32.1 Å². The second-order valence-electron chi connectivity index (χ2n) is 7.72. The summed E-state index contributed by atoms with van der Waals surface area (Å²) in [5.74, 6) is 0. The third kappa shape index (κ3) is 7.79. The van der Waals surface area contributed by atoms with E-state index in [-0.39, 0.29) is 0 Å². The molecule has 2 aromatic heterocycles. The van der Waals surface area contributed by atoms with Crippen LogP contribution in [0.1, 0.15) is 11.1 Å². The summed E-state index contributed by atoms with van der Waals surface area (Å²) in [5, 5.41) is 2.31. The van der Waals surface area contributed by atoms with Crippen LogP contribution in [0.25, 0.3) is 21.8 Å². The zero-order valence-corrected chi connectivity index (χ0v) is 22.8. The molecule has 37 heavy (non-hydrogen) atoms. The van der Waals surface area contributed by atoms with Gasteiger partial charge in [0.05, 0.1) is 11.4 Å². The van der Waals surface area contributed by atoms with E-state index in [0.717, 1.165) is 44.3 Å². The number of nitrogens with zero attached hydrogens (tertiary/aromatic N) is 4. The van der Waals surface area contributed by atoms with Crippen molar-refractivity contribution in [2.75, 3.05) is 0 Å². The number of aromatic nitrogens is 2. The van der Waals surface area contributed by atoms with Crippen molar-refractivity contribution in [3.63, 3.8) is 0 Å². The molecule has 0 saturated heterocycles. The number of benzene rings is 4. The average Bonchev–Trinajstić information content (AvgIpc) is 3.63. The molecule has 0 aliphatic rings. The van der Waals surface area contributed by atoms with E-state index in [1.165, 1.54) is 0 Å². The SMILES string of the molecule is C(=Nc1ccccc1)c1cccc2cc[n-]c12.C(=Nc1ccccc1)c1cccc2cc[n-]c12.[Cl][Ti][Cl]. The minimum absolute atomic E-state index is 0.556. The van der Waals surface area contributed by atoms with Crippen LogP contribution in [-0.2, 0) is 17.0 Å². The van der Waals surface area contributed by atoms with Gasteiger partial charge in [-0.3, -0.25) is 9.98 Å². The van der Waals surface area contributed by atoms with Gasteiger partial charge in [0, 0.05) is 12.4 Å². The van der Waals surface area contributed by atoms with Crippen LogP contribution in [0.15, 0.2) is 132 Å². The van der Waals surface area contributed by atoms with Crippen LogP contribution in [0.2, 0.25) is 0 Å². The molecule has 6 rings (SSSR count). The standard InChI is InChI=1S/2C15H11N2.2ClH.Ti/c2*1-2-7-14(8-3-1)17-11-13-6-4-5-12-9-10-16-15(12)13;;;/h2*1-11H;2*1H;/q2*-1;;;+2/p-2. The van der Waals surface area contributed by atoms with Gasteiger partial charge in [-0.1, -0.05) is 84.9 Å².